The minimum Gasteiger partial charge on any atom is -0.726 e. The summed E-state index contributed by atoms with van der Waals surface area (Å²) in [6.45, 7) is 11.3. The Morgan fingerprint density at radius 3 is 1.12 bits per heavy atom. The summed E-state index contributed by atoms with van der Waals surface area (Å²) >= 11 is 0. The summed E-state index contributed by atoms with van der Waals surface area (Å²) < 4.78 is 33.2. The highest BCUT2D eigenvalue weighted by atomic mass is 32.3. The van der Waals surface area contributed by atoms with E-state index < -0.39 is 16.4 Å². The number of rotatable bonds is 4. The molecule has 0 radical (unpaired) electrons. The van der Waals surface area contributed by atoms with Gasteiger partial charge in [-0.05, 0) is 26.3 Å². The second-order valence-electron chi connectivity index (χ2n) is 6.86. The Morgan fingerprint density at radius 1 is 1.00 bits per heavy atom. The van der Waals surface area contributed by atoms with Gasteiger partial charge in [0.2, 0.25) is 10.4 Å². The Labute approximate surface area is 148 Å². The fraction of sp³-hybridized carbons (Fsp3) is 0.800. The highest BCUT2D eigenvalue weighted by Gasteiger charge is 1.98. The lowest BCUT2D eigenvalue weighted by Gasteiger charge is -2.20. The van der Waals surface area contributed by atoms with Crippen molar-refractivity contribution in [3.63, 3.8) is 0 Å². The molecule has 0 spiro atoms. The lowest BCUT2D eigenvalue weighted by atomic mass is 10.4. The molecule has 24 heavy (non-hydrogen) atoms. The van der Waals surface area contributed by atoms with Crippen molar-refractivity contribution in [1.82, 2.24) is 0 Å². The molecule has 0 aromatic heterocycles. The largest absolute Gasteiger partial charge is 0.726 e. The van der Waals surface area contributed by atoms with Crippen LogP contribution < -0.4 is 5.11 Å². The van der Waals surface area contributed by atoms with Crippen LogP contribution in [0.1, 0.15) is 20.8 Å². The molecular formula is C15H36N2O6S. The van der Waals surface area contributed by atoms with Crippen molar-refractivity contribution in [2.75, 3.05) is 62.5 Å². The van der Waals surface area contributed by atoms with Gasteiger partial charge in [0.05, 0.1) is 68.5 Å². The van der Waals surface area contributed by atoms with E-state index in [2.05, 4.69) is 66.9 Å². The van der Waals surface area contributed by atoms with Gasteiger partial charge in [0, 0.05) is 0 Å². The van der Waals surface area contributed by atoms with Crippen LogP contribution in [0.4, 0.5) is 0 Å². The quantitative estimate of drug-likeness (QED) is 0.293. The van der Waals surface area contributed by atoms with Gasteiger partial charge in [0.1, 0.15) is 0 Å². The zero-order chi connectivity index (χ0) is 20.8. The number of carbonyl (C=O) groups excluding carboxylic acids is 1. The summed E-state index contributed by atoms with van der Waals surface area (Å²) in [5.41, 5.74) is 0.0648. The topological polar surface area (TPSA) is 107 Å². The van der Waals surface area contributed by atoms with Crippen molar-refractivity contribution in [2.45, 2.75) is 20.8 Å². The molecular weight excluding hydrogens is 336 g/mol. The number of quaternary nitrogens is 2. The summed E-state index contributed by atoms with van der Waals surface area (Å²) in [4.78, 5) is 9.49. The van der Waals surface area contributed by atoms with Crippen LogP contribution in [0.5, 0.6) is 0 Å². The van der Waals surface area contributed by atoms with Crippen LogP contribution >= 0.6 is 0 Å². The van der Waals surface area contributed by atoms with E-state index in [1.54, 1.807) is 0 Å². The number of carboxylic acids is 1. The molecule has 148 valence electrons. The molecule has 9 heteroatoms. The van der Waals surface area contributed by atoms with E-state index in [0.717, 1.165) is 16.1 Å². The van der Waals surface area contributed by atoms with Crippen molar-refractivity contribution in [1.29, 1.82) is 0 Å². The molecule has 0 heterocycles. The first-order chi connectivity index (χ1) is 10.3. The van der Waals surface area contributed by atoms with Crippen LogP contribution in [-0.2, 0) is 19.4 Å². The molecule has 0 rings (SSSR count). The minimum atomic E-state index is -4.41. The fourth-order valence-corrected chi connectivity index (χ4v) is 0. The lowest BCUT2D eigenvalue weighted by Crippen LogP contribution is -2.33. The molecule has 0 saturated carbocycles. The van der Waals surface area contributed by atoms with E-state index in [-0.39, 0.29) is 5.57 Å². The van der Waals surface area contributed by atoms with Crippen molar-refractivity contribution in [3.05, 3.63) is 12.2 Å². The number of hydrogen-bond acceptors (Lipinski definition) is 6. The van der Waals surface area contributed by atoms with Gasteiger partial charge < -0.3 is 23.4 Å². The van der Waals surface area contributed by atoms with Gasteiger partial charge in [-0.2, -0.15) is 0 Å². The maximum atomic E-state index is 9.49. The predicted molar refractivity (Wildman–Crippen MR) is 93.7 cm³/mol. The lowest BCUT2D eigenvalue weighted by molar-refractivity contribution is -0.868. The molecule has 0 amide bonds. The molecule has 0 atom stereocenters. The maximum Gasteiger partial charge on any atom is 0.217 e. The highest BCUT2D eigenvalue weighted by molar-refractivity contribution is 7.80. The third kappa shape index (κ3) is 58.3. The summed E-state index contributed by atoms with van der Waals surface area (Å²) in [5, 5.41) is 9.49. The molecule has 0 unspecified atom stereocenters. The van der Waals surface area contributed by atoms with Gasteiger partial charge in [-0.25, -0.2) is 8.42 Å². The predicted octanol–water partition coefficient (Wildman–Crippen LogP) is -0.170. The van der Waals surface area contributed by atoms with Gasteiger partial charge in [-0.1, -0.05) is 6.58 Å². The zero-order valence-corrected chi connectivity index (χ0v) is 17.7. The second kappa shape index (κ2) is 14.4. The summed E-state index contributed by atoms with van der Waals surface area (Å²) in [6.07, 6.45) is 0. The number of aliphatic carboxylic acids is 1. The van der Waals surface area contributed by atoms with Crippen LogP contribution in [0.3, 0.4) is 0 Å². The van der Waals surface area contributed by atoms with Crippen molar-refractivity contribution < 1.29 is 36.0 Å². The third-order valence-electron chi connectivity index (χ3n) is 2.45. The Kier molecular flexibility index (Phi) is 18.4. The second-order valence-corrected chi connectivity index (χ2v) is 8.01. The van der Waals surface area contributed by atoms with Crippen LogP contribution in [0, 0.1) is 0 Å². The fourth-order valence-electron chi connectivity index (χ4n) is 0. The summed E-state index contributed by atoms with van der Waals surface area (Å²) in [5.74, 6) is -1.19. The number of carboxylic acid groups (broad SMARTS) is 1. The van der Waals surface area contributed by atoms with Gasteiger partial charge in [-0.15, -0.1) is 0 Å². The van der Waals surface area contributed by atoms with Crippen molar-refractivity contribution in [3.8, 4) is 0 Å². The Balaban J connectivity index is -0.000000111. The van der Waals surface area contributed by atoms with Gasteiger partial charge >= 0.3 is 0 Å². The van der Waals surface area contributed by atoms with Crippen LogP contribution in [-0.4, -0.2) is 90.4 Å². The molecule has 0 aliphatic heterocycles. The number of nitrogens with zero attached hydrogens (tertiary/aromatic N) is 2. The Bertz CT molecular complexity index is 408. The smallest absolute Gasteiger partial charge is 0.217 e. The SMILES string of the molecule is C=C(C)C(=O)[O-].CC[N+](C)(C)C.CC[N+](C)(C)C.COS(=O)(=O)[O-]. The Morgan fingerprint density at radius 2 is 1.12 bits per heavy atom. The molecule has 0 bridgehead atoms. The van der Waals surface area contributed by atoms with Crippen LogP contribution in [0.25, 0.3) is 0 Å². The third-order valence-corrected chi connectivity index (χ3v) is 2.86. The first-order valence-electron chi connectivity index (χ1n) is 7.32. The van der Waals surface area contributed by atoms with Crippen molar-refractivity contribution in [2.24, 2.45) is 0 Å². The summed E-state index contributed by atoms with van der Waals surface area (Å²) in [6, 6.07) is 0. The molecule has 0 aliphatic rings. The van der Waals surface area contributed by atoms with Gasteiger partial charge in [-0.3, -0.25) is 4.18 Å². The molecule has 8 nitrogen and oxygen atoms in total. The Hall–Kier alpha value is -1.00. The van der Waals surface area contributed by atoms with Gasteiger partial charge in [0.15, 0.2) is 0 Å². The van der Waals surface area contributed by atoms with Crippen LogP contribution in [0.15, 0.2) is 12.2 Å². The molecule has 0 aliphatic carbocycles. The first kappa shape index (κ1) is 30.8. The number of carbonyl (C=O) groups is 1. The monoisotopic (exact) mass is 372 g/mol. The van der Waals surface area contributed by atoms with E-state index in [4.69, 9.17) is 0 Å². The van der Waals surface area contributed by atoms with E-state index >= 15 is 0 Å². The average molecular weight is 373 g/mol. The minimum absolute atomic E-state index is 0.0648. The number of hydrogen-bond donors (Lipinski definition) is 0. The molecule has 0 saturated heterocycles. The van der Waals surface area contributed by atoms with E-state index in [1.165, 1.54) is 20.0 Å². The molecule has 0 N–H and O–H groups in total. The maximum absolute atomic E-state index is 9.49. The van der Waals surface area contributed by atoms with E-state index in [1.807, 2.05) is 0 Å². The molecule has 0 aromatic rings. The van der Waals surface area contributed by atoms with Crippen LogP contribution in [0.2, 0.25) is 0 Å². The van der Waals surface area contributed by atoms with Gasteiger partial charge in [0.25, 0.3) is 0 Å². The van der Waals surface area contributed by atoms with Crippen molar-refractivity contribution >= 4 is 16.4 Å². The highest BCUT2D eigenvalue weighted by Crippen LogP contribution is 1.84. The first-order valence-corrected chi connectivity index (χ1v) is 8.65. The summed E-state index contributed by atoms with van der Waals surface area (Å²) in [7, 11) is 9.48. The zero-order valence-electron chi connectivity index (χ0n) is 16.9. The molecule has 0 fully saturated rings. The molecule has 0 aromatic carbocycles. The van der Waals surface area contributed by atoms with E-state index in [9.17, 15) is 22.9 Å². The normalized spacial score (nSPS) is 10.8. The average Bonchev–Trinajstić information content (AvgIpc) is 2.38. The standard InChI is InChI=1S/2C5H14N.C4H6O2.CH4O4S/c2*1-5-6(2,3)4;1-3(2)4(5)6;1-5-6(2,3)4/h2*5H2,1-4H3;1H2,2H3,(H,5,6);1H3,(H,2,3,4)/q2*+1;;/p-2. The van der Waals surface area contributed by atoms with E-state index in [0.29, 0.717) is 0 Å².